The Kier molecular flexibility index (Phi) is 5.31. The Morgan fingerprint density at radius 3 is 3.00 bits per heavy atom. The van der Waals surface area contributed by atoms with Crippen LogP contribution in [0.25, 0.3) is 10.2 Å². The molecule has 0 bridgehead atoms. The normalized spacial score (nSPS) is 17.0. The molecule has 0 spiro atoms. The number of anilines is 1. The number of nitrogens with zero attached hydrogens (tertiary/aromatic N) is 3. The van der Waals surface area contributed by atoms with Gasteiger partial charge in [-0.25, -0.2) is 0 Å². The Morgan fingerprint density at radius 2 is 2.24 bits per heavy atom. The van der Waals surface area contributed by atoms with Crippen LogP contribution in [-0.4, -0.2) is 28.0 Å². The van der Waals surface area contributed by atoms with E-state index < -0.39 is 11.9 Å². The molecular weight excluding hydrogens is 412 g/mol. The van der Waals surface area contributed by atoms with Gasteiger partial charge in [-0.2, -0.15) is 4.68 Å². The number of thiophene rings is 1. The van der Waals surface area contributed by atoms with Crippen molar-refractivity contribution >= 4 is 44.7 Å². The van der Waals surface area contributed by atoms with Crippen molar-refractivity contribution < 1.29 is 9.53 Å². The lowest BCUT2D eigenvalue weighted by Gasteiger charge is -2.18. The zero-order valence-electron chi connectivity index (χ0n) is 16.4. The van der Waals surface area contributed by atoms with Crippen molar-refractivity contribution in [1.82, 2.24) is 15.0 Å². The van der Waals surface area contributed by atoms with Crippen molar-refractivity contribution in [3.05, 3.63) is 44.0 Å². The van der Waals surface area contributed by atoms with Crippen molar-refractivity contribution in [3.8, 4) is 5.75 Å². The number of aryl methyl sites for hydroxylation is 1. The fourth-order valence-corrected chi connectivity index (χ4v) is 5.14. The fourth-order valence-electron chi connectivity index (χ4n) is 3.65. The maximum Gasteiger partial charge on any atom is 0.279 e. The monoisotopic (exact) mass is 432 g/mol. The molecule has 1 amide bonds. The molecule has 0 radical (unpaired) electrons. The van der Waals surface area contributed by atoms with Crippen molar-refractivity contribution in [2.45, 2.75) is 39.2 Å². The molecule has 2 unspecified atom stereocenters. The number of benzene rings is 1. The number of carbonyl (C=O) groups excluding carboxylic acids is 1. The molecular formula is C20H21ClN4O3S. The van der Waals surface area contributed by atoms with Crippen LogP contribution in [0.5, 0.6) is 5.75 Å². The van der Waals surface area contributed by atoms with Gasteiger partial charge in [0.05, 0.1) is 18.2 Å². The summed E-state index contributed by atoms with van der Waals surface area (Å²) in [5, 5.41) is 12.1. The first-order valence-electron chi connectivity index (χ1n) is 9.43. The highest BCUT2D eigenvalue weighted by Crippen LogP contribution is 2.35. The lowest BCUT2D eigenvalue weighted by atomic mass is 9.89. The summed E-state index contributed by atoms with van der Waals surface area (Å²) in [5.74, 6) is 0.673. The van der Waals surface area contributed by atoms with Gasteiger partial charge >= 0.3 is 0 Å². The zero-order chi connectivity index (χ0) is 20.7. The lowest BCUT2D eigenvalue weighted by Crippen LogP contribution is -2.34. The predicted molar refractivity (Wildman–Crippen MR) is 114 cm³/mol. The smallest absolute Gasteiger partial charge is 0.279 e. The van der Waals surface area contributed by atoms with Gasteiger partial charge in [-0.15, -0.1) is 16.4 Å². The largest absolute Gasteiger partial charge is 0.495 e. The van der Waals surface area contributed by atoms with Gasteiger partial charge in [0, 0.05) is 9.90 Å². The average Bonchev–Trinajstić information content (AvgIpc) is 3.06. The number of hydrogen-bond donors (Lipinski definition) is 1. The third-order valence-electron chi connectivity index (χ3n) is 5.31. The predicted octanol–water partition coefficient (Wildman–Crippen LogP) is 3.84. The number of ether oxygens (including phenoxy) is 1. The van der Waals surface area contributed by atoms with Crippen molar-refractivity contribution in [3.63, 3.8) is 0 Å². The topological polar surface area (TPSA) is 86.1 Å². The number of hydrogen-bond acceptors (Lipinski definition) is 6. The second-order valence-electron chi connectivity index (χ2n) is 7.38. The Balaban J connectivity index is 1.68. The van der Waals surface area contributed by atoms with E-state index in [4.69, 9.17) is 16.3 Å². The van der Waals surface area contributed by atoms with Gasteiger partial charge in [-0.3, -0.25) is 9.59 Å². The molecule has 2 heterocycles. The summed E-state index contributed by atoms with van der Waals surface area (Å²) >= 11 is 7.56. The highest BCUT2D eigenvalue weighted by Gasteiger charge is 2.26. The quantitative estimate of drug-likeness (QED) is 0.676. The number of methoxy groups -OCH3 is 1. The van der Waals surface area contributed by atoms with E-state index in [9.17, 15) is 9.59 Å². The molecule has 0 fully saturated rings. The summed E-state index contributed by atoms with van der Waals surface area (Å²) in [5.41, 5.74) is 1.23. The molecule has 4 rings (SSSR count). The number of halogens is 1. The molecule has 0 saturated heterocycles. The van der Waals surface area contributed by atoms with Gasteiger partial charge in [0.2, 0.25) is 5.91 Å². The molecule has 1 aliphatic carbocycles. The van der Waals surface area contributed by atoms with Crippen LogP contribution in [0.2, 0.25) is 5.02 Å². The van der Waals surface area contributed by atoms with Crippen LogP contribution in [-0.2, 0) is 17.6 Å². The minimum Gasteiger partial charge on any atom is -0.495 e. The molecule has 29 heavy (non-hydrogen) atoms. The minimum absolute atomic E-state index is 0.275. The molecule has 0 saturated carbocycles. The Labute approximate surface area is 176 Å². The first-order valence-corrected chi connectivity index (χ1v) is 10.6. The van der Waals surface area contributed by atoms with E-state index >= 15 is 0 Å². The van der Waals surface area contributed by atoms with Crippen molar-refractivity contribution in [2.24, 2.45) is 5.92 Å². The first kappa shape index (κ1) is 19.8. The number of amides is 1. The van der Waals surface area contributed by atoms with Gasteiger partial charge in [-0.05, 0) is 55.9 Å². The molecule has 9 heteroatoms. The molecule has 1 aliphatic rings. The van der Waals surface area contributed by atoms with E-state index in [1.807, 2.05) is 0 Å². The zero-order valence-corrected chi connectivity index (χ0v) is 17.9. The summed E-state index contributed by atoms with van der Waals surface area (Å²) < 4.78 is 6.41. The highest BCUT2D eigenvalue weighted by molar-refractivity contribution is 7.18. The molecule has 3 aromatic rings. The summed E-state index contributed by atoms with van der Waals surface area (Å²) in [6.45, 7) is 3.84. The summed E-state index contributed by atoms with van der Waals surface area (Å²) in [6, 6.07) is 4.09. The van der Waals surface area contributed by atoms with Crippen LogP contribution in [0.1, 0.15) is 36.8 Å². The Hall–Kier alpha value is -2.45. The second-order valence-corrected chi connectivity index (χ2v) is 8.90. The Bertz CT molecular complexity index is 1160. The summed E-state index contributed by atoms with van der Waals surface area (Å²) in [6.07, 6.45) is 2.86. The third-order valence-corrected chi connectivity index (χ3v) is 6.69. The van der Waals surface area contributed by atoms with E-state index in [1.54, 1.807) is 25.1 Å². The van der Waals surface area contributed by atoms with Gasteiger partial charge in [0.25, 0.3) is 5.56 Å². The SMILES string of the molecule is COc1ccc(Cl)cc1NC(=O)C(C)n1nnc2sc3c(c2c1=O)CCC(C)C3. The van der Waals surface area contributed by atoms with E-state index in [1.165, 1.54) is 23.3 Å². The second kappa shape index (κ2) is 7.76. The van der Waals surface area contributed by atoms with Crippen LogP contribution < -0.4 is 15.6 Å². The van der Waals surface area contributed by atoms with Gasteiger partial charge in [0.1, 0.15) is 11.8 Å². The molecule has 7 nitrogen and oxygen atoms in total. The number of aromatic nitrogens is 3. The number of fused-ring (bicyclic) bond motifs is 3. The molecule has 2 atom stereocenters. The molecule has 1 aromatic carbocycles. The molecule has 152 valence electrons. The van der Waals surface area contributed by atoms with Crippen LogP contribution in [0.4, 0.5) is 5.69 Å². The number of rotatable bonds is 4. The number of carbonyl (C=O) groups is 1. The van der Waals surface area contributed by atoms with E-state index in [-0.39, 0.29) is 5.56 Å². The lowest BCUT2D eigenvalue weighted by molar-refractivity contribution is -0.119. The first-order chi connectivity index (χ1) is 13.9. The minimum atomic E-state index is -0.846. The van der Waals surface area contributed by atoms with E-state index in [2.05, 4.69) is 22.6 Å². The van der Waals surface area contributed by atoms with Crippen molar-refractivity contribution in [1.29, 1.82) is 0 Å². The van der Waals surface area contributed by atoms with Crippen molar-refractivity contribution in [2.75, 3.05) is 12.4 Å². The van der Waals surface area contributed by atoms with Crippen LogP contribution in [0, 0.1) is 5.92 Å². The number of nitrogens with one attached hydrogen (secondary N) is 1. The van der Waals surface area contributed by atoms with Gasteiger partial charge in [-0.1, -0.05) is 23.7 Å². The Morgan fingerprint density at radius 1 is 1.45 bits per heavy atom. The average molecular weight is 433 g/mol. The van der Waals surface area contributed by atoms with E-state index in [0.29, 0.717) is 32.6 Å². The van der Waals surface area contributed by atoms with Gasteiger partial charge < -0.3 is 10.1 Å². The standard InChI is InChI=1S/C20H21ClN4O3S/c1-10-4-6-13-16(8-10)29-19-17(13)20(27)25(24-23-19)11(2)18(26)22-14-9-12(21)5-7-15(14)28-3/h5,7,9-11H,4,6,8H2,1-3H3,(H,22,26). The highest BCUT2D eigenvalue weighted by atomic mass is 35.5. The molecule has 2 aromatic heterocycles. The molecule has 1 N–H and O–H groups in total. The fraction of sp³-hybridized carbons (Fsp3) is 0.400. The molecule has 0 aliphatic heterocycles. The van der Waals surface area contributed by atoms with E-state index in [0.717, 1.165) is 29.5 Å². The van der Waals surface area contributed by atoms with Crippen LogP contribution in [0.15, 0.2) is 23.0 Å². The summed E-state index contributed by atoms with van der Waals surface area (Å²) in [7, 11) is 1.51. The maximum atomic E-state index is 13.2. The summed E-state index contributed by atoms with van der Waals surface area (Å²) in [4.78, 5) is 27.8. The van der Waals surface area contributed by atoms with Crippen LogP contribution in [0.3, 0.4) is 0 Å². The maximum absolute atomic E-state index is 13.2. The van der Waals surface area contributed by atoms with Crippen LogP contribution >= 0.6 is 22.9 Å². The third kappa shape index (κ3) is 3.62. The van der Waals surface area contributed by atoms with Gasteiger partial charge in [0.15, 0.2) is 4.83 Å².